The molecule has 12 nitrogen and oxygen atoms in total. The van der Waals surface area contributed by atoms with E-state index in [4.69, 9.17) is 18.9 Å². The highest BCUT2D eigenvalue weighted by Crippen LogP contribution is 2.37. The number of amides is 1. The Morgan fingerprint density at radius 2 is 2.11 bits per heavy atom. The number of aromatic nitrogens is 4. The van der Waals surface area contributed by atoms with Gasteiger partial charge in [0.25, 0.3) is 0 Å². The second-order valence-electron chi connectivity index (χ2n) is 8.01. The van der Waals surface area contributed by atoms with E-state index < -0.39 is 6.09 Å². The van der Waals surface area contributed by atoms with Crippen molar-refractivity contribution in [1.82, 2.24) is 24.4 Å². The van der Waals surface area contributed by atoms with E-state index in [1.165, 1.54) is 18.6 Å². The average molecular weight is 482 g/mol. The van der Waals surface area contributed by atoms with Gasteiger partial charge in [-0.3, -0.25) is 14.5 Å². The second kappa shape index (κ2) is 10.7. The van der Waals surface area contributed by atoms with Crippen molar-refractivity contribution in [3.63, 3.8) is 0 Å². The Morgan fingerprint density at radius 1 is 1.23 bits per heavy atom. The van der Waals surface area contributed by atoms with Crippen LogP contribution in [-0.4, -0.2) is 83.6 Å². The number of benzene rings is 1. The molecule has 0 atom stereocenters. The molecular formula is C23H27N7O5. The highest BCUT2D eigenvalue weighted by atomic mass is 16.6. The van der Waals surface area contributed by atoms with Gasteiger partial charge in [-0.1, -0.05) is 0 Å². The van der Waals surface area contributed by atoms with Crippen LogP contribution in [0.1, 0.15) is 6.42 Å². The van der Waals surface area contributed by atoms with E-state index in [9.17, 15) is 4.79 Å². The molecule has 4 heterocycles. The van der Waals surface area contributed by atoms with Crippen molar-refractivity contribution in [2.45, 2.75) is 13.0 Å². The fourth-order valence-electron chi connectivity index (χ4n) is 4.17. The number of ether oxygens (including phenoxy) is 4. The molecule has 2 aliphatic rings. The molecule has 1 amide bonds. The summed E-state index contributed by atoms with van der Waals surface area (Å²) in [7, 11) is 1.57. The predicted molar refractivity (Wildman–Crippen MR) is 126 cm³/mol. The summed E-state index contributed by atoms with van der Waals surface area (Å²) in [5.41, 5.74) is 0.749. The minimum Gasteiger partial charge on any atom is -0.491 e. The maximum Gasteiger partial charge on any atom is 0.443 e. The molecular weight excluding hydrogens is 454 g/mol. The van der Waals surface area contributed by atoms with Gasteiger partial charge in [-0.25, -0.2) is 14.8 Å². The summed E-state index contributed by atoms with van der Waals surface area (Å²) in [6, 6.07) is 3.82. The van der Waals surface area contributed by atoms with Gasteiger partial charge < -0.3 is 24.3 Å². The summed E-state index contributed by atoms with van der Waals surface area (Å²) in [5.74, 6) is 1.95. The lowest BCUT2D eigenvalue weighted by atomic mass is 10.2. The number of nitrogens with zero attached hydrogens (tertiary/aromatic N) is 6. The number of rotatable bonds is 7. The summed E-state index contributed by atoms with van der Waals surface area (Å²) in [6.45, 7) is 6.24. The van der Waals surface area contributed by atoms with Crippen LogP contribution in [0.3, 0.4) is 0 Å². The van der Waals surface area contributed by atoms with Gasteiger partial charge in [-0.05, 0) is 18.6 Å². The number of nitrogens with one attached hydrogen (secondary N) is 1. The molecule has 0 spiro atoms. The van der Waals surface area contributed by atoms with E-state index in [-0.39, 0.29) is 11.5 Å². The van der Waals surface area contributed by atoms with Gasteiger partial charge in [0.2, 0.25) is 11.5 Å². The Hall–Kier alpha value is -3.77. The molecule has 5 rings (SSSR count). The van der Waals surface area contributed by atoms with Crippen LogP contribution in [0.5, 0.6) is 17.4 Å². The summed E-state index contributed by atoms with van der Waals surface area (Å²) in [6.07, 6.45) is 4.30. The minimum absolute atomic E-state index is 0.0622. The first-order valence-corrected chi connectivity index (χ1v) is 11.5. The third kappa shape index (κ3) is 5.17. The van der Waals surface area contributed by atoms with E-state index in [2.05, 4.69) is 30.2 Å². The molecule has 1 aromatic carbocycles. The lowest BCUT2D eigenvalue weighted by Crippen LogP contribution is -2.37. The molecule has 0 saturated carbocycles. The van der Waals surface area contributed by atoms with Gasteiger partial charge in [0.1, 0.15) is 11.3 Å². The molecule has 2 aliphatic heterocycles. The summed E-state index contributed by atoms with van der Waals surface area (Å²) >= 11 is 0. The van der Waals surface area contributed by atoms with E-state index in [0.29, 0.717) is 36.7 Å². The number of hydrogen-bond acceptors (Lipinski definition) is 10. The van der Waals surface area contributed by atoms with Gasteiger partial charge in [-0.2, -0.15) is 0 Å². The molecule has 1 saturated heterocycles. The van der Waals surface area contributed by atoms with Crippen LogP contribution >= 0.6 is 0 Å². The van der Waals surface area contributed by atoms with Crippen molar-refractivity contribution in [2.75, 3.05) is 58.4 Å². The molecule has 184 valence electrons. The first-order valence-electron chi connectivity index (χ1n) is 11.5. The number of carbonyl (C=O) groups excluding carboxylic acids is 1. The zero-order chi connectivity index (χ0) is 24.0. The second-order valence-corrected chi connectivity index (χ2v) is 8.01. The third-order valence-electron chi connectivity index (χ3n) is 5.81. The average Bonchev–Trinajstić information content (AvgIpc) is 3.38. The fourth-order valence-corrected chi connectivity index (χ4v) is 4.17. The van der Waals surface area contributed by atoms with Crippen LogP contribution in [0.2, 0.25) is 0 Å². The van der Waals surface area contributed by atoms with E-state index in [1.807, 2.05) is 16.7 Å². The van der Waals surface area contributed by atoms with Crippen LogP contribution < -0.4 is 25.1 Å². The first-order chi connectivity index (χ1) is 17.2. The molecule has 1 N–H and O–H groups in total. The van der Waals surface area contributed by atoms with Gasteiger partial charge in [-0.15, -0.1) is 4.99 Å². The van der Waals surface area contributed by atoms with E-state index in [0.717, 1.165) is 50.5 Å². The van der Waals surface area contributed by atoms with Crippen LogP contribution in [0.25, 0.3) is 10.9 Å². The molecule has 0 bridgehead atoms. The van der Waals surface area contributed by atoms with Crippen molar-refractivity contribution < 1.29 is 23.7 Å². The van der Waals surface area contributed by atoms with Crippen molar-refractivity contribution in [1.29, 1.82) is 0 Å². The van der Waals surface area contributed by atoms with Gasteiger partial charge in [0.15, 0.2) is 11.5 Å². The Labute approximate surface area is 201 Å². The van der Waals surface area contributed by atoms with Gasteiger partial charge >= 0.3 is 6.09 Å². The van der Waals surface area contributed by atoms with Crippen LogP contribution in [0.15, 0.2) is 35.7 Å². The van der Waals surface area contributed by atoms with Gasteiger partial charge in [0, 0.05) is 50.5 Å². The maximum absolute atomic E-state index is 12.4. The van der Waals surface area contributed by atoms with E-state index in [1.54, 1.807) is 7.11 Å². The van der Waals surface area contributed by atoms with Crippen LogP contribution in [-0.2, 0) is 11.3 Å². The van der Waals surface area contributed by atoms with E-state index >= 15 is 0 Å². The number of methoxy groups -OCH3 is 1. The van der Waals surface area contributed by atoms with Crippen molar-refractivity contribution in [3.05, 3.63) is 36.3 Å². The molecule has 2 aromatic heterocycles. The number of anilines is 1. The predicted octanol–water partition coefficient (Wildman–Crippen LogP) is 1.46. The number of morpholine rings is 1. The largest absolute Gasteiger partial charge is 0.491 e. The minimum atomic E-state index is -0.839. The molecule has 0 radical (unpaired) electrons. The van der Waals surface area contributed by atoms with Crippen LogP contribution in [0, 0.1) is 0 Å². The lowest BCUT2D eigenvalue weighted by Gasteiger charge is -2.26. The summed E-state index contributed by atoms with van der Waals surface area (Å²) < 4.78 is 24.1. The highest BCUT2D eigenvalue weighted by Gasteiger charge is 2.21. The number of fused-ring (bicyclic) bond motifs is 3. The standard InChI is InChI=1S/C23H27N7O5/c1-32-20-17(34-12-2-8-29-10-13-33-14-11-29)4-3-16-19(20)27-22(30-9-7-26-21(16)30)28-23(31)35-18-15-24-5-6-25-18/h3-6,15,26H,2,7-14H2,1H3. The monoisotopic (exact) mass is 481 g/mol. The Morgan fingerprint density at radius 3 is 2.91 bits per heavy atom. The lowest BCUT2D eigenvalue weighted by molar-refractivity contribution is 0.0357. The SMILES string of the molecule is COc1c(OCCCN2CCOCC2)ccc2c3n(c(=NC(=O)Oc4cnccn4)nc12)CCN3. The summed E-state index contributed by atoms with van der Waals surface area (Å²) in [5, 5.41) is 4.19. The molecule has 12 heteroatoms. The number of carbonyl (C=O) groups is 1. The smallest absolute Gasteiger partial charge is 0.443 e. The molecule has 3 aromatic rings. The summed E-state index contributed by atoms with van der Waals surface area (Å²) in [4.78, 5) is 31.4. The normalized spacial score (nSPS) is 16.1. The van der Waals surface area contributed by atoms with Crippen molar-refractivity contribution in [3.8, 4) is 17.4 Å². The molecule has 0 aliphatic carbocycles. The van der Waals surface area contributed by atoms with Crippen molar-refractivity contribution in [2.24, 2.45) is 4.99 Å². The van der Waals surface area contributed by atoms with Crippen molar-refractivity contribution >= 4 is 22.8 Å². The Kier molecular flexibility index (Phi) is 7.00. The molecule has 35 heavy (non-hydrogen) atoms. The maximum atomic E-state index is 12.4. The molecule has 0 unspecified atom stereocenters. The zero-order valence-electron chi connectivity index (χ0n) is 19.5. The Bertz CT molecular complexity index is 1260. The first kappa shape index (κ1) is 23.0. The topological polar surface area (TPSA) is 125 Å². The highest BCUT2D eigenvalue weighted by molar-refractivity contribution is 5.95. The number of hydrogen-bond donors (Lipinski definition) is 1. The zero-order valence-corrected chi connectivity index (χ0v) is 19.5. The molecule has 1 fully saturated rings. The third-order valence-corrected chi connectivity index (χ3v) is 5.81. The van der Waals surface area contributed by atoms with Gasteiger partial charge in [0.05, 0.1) is 33.1 Å². The van der Waals surface area contributed by atoms with Crippen LogP contribution in [0.4, 0.5) is 10.6 Å². The quantitative estimate of drug-likeness (QED) is 0.496. The fraction of sp³-hybridized carbons (Fsp3) is 0.435. The Balaban J connectivity index is 1.40.